The summed E-state index contributed by atoms with van der Waals surface area (Å²) in [6, 6.07) is 15.3. The zero-order valence-electron chi connectivity index (χ0n) is 15.8. The molecule has 0 fully saturated rings. The number of nitrogens with one attached hydrogen (secondary N) is 1. The summed E-state index contributed by atoms with van der Waals surface area (Å²) in [5, 5.41) is 2.77. The number of amides is 1. The van der Waals surface area contributed by atoms with Gasteiger partial charge < -0.3 is 11.1 Å². The molecule has 0 aliphatic carbocycles. The van der Waals surface area contributed by atoms with Gasteiger partial charge in [0.15, 0.2) is 9.84 Å². The number of carbonyl (C=O) groups excluding carboxylic acids is 1. The maximum Gasteiger partial charge on any atom is 0.241 e. The molecular weight excluding hydrogens is 384 g/mol. The lowest BCUT2D eigenvalue weighted by atomic mass is 9.87. The zero-order chi connectivity index (χ0) is 19.4. The molecule has 1 amide bonds. The van der Waals surface area contributed by atoms with Crippen LogP contribution in [0.2, 0.25) is 0 Å². The van der Waals surface area contributed by atoms with Gasteiger partial charge in [0.25, 0.3) is 0 Å². The van der Waals surface area contributed by atoms with Crippen LogP contribution in [0.1, 0.15) is 31.9 Å². The van der Waals surface area contributed by atoms with E-state index in [1.54, 1.807) is 36.4 Å². The van der Waals surface area contributed by atoms with Gasteiger partial charge in [-0.15, -0.1) is 12.4 Å². The number of sulfone groups is 1. The summed E-state index contributed by atoms with van der Waals surface area (Å²) in [5.74, 6) is -0.391. The van der Waals surface area contributed by atoms with E-state index in [0.29, 0.717) is 11.3 Å². The third-order valence-corrected chi connectivity index (χ3v) is 5.57. The SMILES string of the molecule is CC(C)(C)[C@H](N)C(=O)Nc1cccc(CS(=O)(=O)Cc2ccccc2)c1.Cl. The molecule has 0 heterocycles. The van der Waals surface area contributed by atoms with Crippen molar-refractivity contribution in [1.82, 2.24) is 0 Å². The fourth-order valence-corrected chi connectivity index (χ4v) is 3.98. The fraction of sp³-hybridized carbons (Fsp3) is 0.350. The Balaban J connectivity index is 0.00000364. The molecule has 27 heavy (non-hydrogen) atoms. The highest BCUT2D eigenvalue weighted by atomic mass is 35.5. The summed E-state index contributed by atoms with van der Waals surface area (Å²) in [5.41, 5.74) is 7.53. The molecule has 0 unspecified atom stereocenters. The van der Waals surface area contributed by atoms with Crippen LogP contribution in [0, 0.1) is 5.41 Å². The average molecular weight is 411 g/mol. The van der Waals surface area contributed by atoms with E-state index >= 15 is 0 Å². The van der Waals surface area contributed by atoms with Crippen LogP contribution >= 0.6 is 12.4 Å². The Morgan fingerprint density at radius 3 is 2.15 bits per heavy atom. The quantitative estimate of drug-likeness (QED) is 0.762. The van der Waals surface area contributed by atoms with Crippen LogP contribution in [-0.2, 0) is 26.1 Å². The van der Waals surface area contributed by atoms with E-state index in [0.717, 1.165) is 5.56 Å². The first kappa shape index (κ1) is 23.1. The molecule has 2 rings (SSSR count). The van der Waals surface area contributed by atoms with Crippen LogP contribution in [0.25, 0.3) is 0 Å². The molecule has 0 aliphatic heterocycles. The molecule has 1 atom stereocenters. The van der Waals surface area contributed by atoms with Crippen molar-refractivity contribution in [2.24, 2.45) is 11.1 Å². The molecule has 0 spiro atoms. The Kier molecular flexibility index (Phi) is 8.02. The largest absolute Gasteiger partial charge is 0.325 e. The fourth-order valence-electron chi connectivity index (χ4n) is 2.49. The third-order valence-electron chi connectivity index (χ3n) is 4.03. The maximum absolute atomic E-state index is 12.4. The normalized spacial score (nSPS) is 12.7. The van der Waals surface area contributed by atoms with Gasteiger partial charge in [-0.25, -0.2) is 8.42 Å². The van der Waals surface area contributed by atoms with Gasteiger partial charge >= 0.3 is 0 Å². The lowest BCUT2D eigenvalue weighted by molar-refractivity contribution is -0.119. The number of halogens is 1. The number of anilines is 1. The van der Waals surface area contributed by atoms with E-state index in [2.05, 4.69) is 5.32 Å². The van der Waals surface area contributed by atoms with Crippen molar-refractivity contribution >= 4 is 33.8 Å². The first-order chi connectivity index (χ1) is 12.1. The second kappa shape index (κ2) is 9.35. The second-order valence-corrected chi connectivity index (χ2v) is 9.62. The molecule has 0 radical (unpaired) electrons. The minimum atomic E-state index is -3.31. The molecule has 2 aromatic rings. The van der Waals surface area contributed by atoms with Gasteiger partial charge in [0.05, 0.1) is 17.5 Å². The molecule has 3 N–H and O–H groups in total. The standard InChI is InChI=1S/C20H26N2O3S.ClH/c1-20(2,3)18(21)19(23)22-17-11-7-10-16(12-17)14-26(24,25)13-15-8-5-4-6-9-15;/h4-12,18H,13-14,21H2,1-3H3,(H,22,23);1H/t18-;/m1./s1. The molecule has 5 nitrogen and oxygen atoms in total. The van der Waals surface area contributed by atoms with Crippen LogP contribution in [0.15, 0.2) is 54.6 Å². The number of benzene rings is 2. The predicted octanol–water partition coefficient (Wildman–Crippen LogP) is 3.54. The second-order valence-electron chi connectivity index (χ2n) is 7.55. The molecule has 2 aromatic carbocycles. The topological polar surface area (TPSA) is 89.3 Å². The van der Waals surface area contributed by atoms with Gasteiger partial charge in [0, 0.05) is 5.69 Å². The van der Waals surface area contributed by atoms with Gasteiger partial charge in [-0.2, -0.15) is 0 Å². The average Bonchev–Trinajstić information content (AvgIpc) is 2.53. The molecule has 7 heteroatoms. The number of rotatable bonds is 6. The van der Waals surface area contributed by atoms with E-state index < -0.39 is 15.9 Å². The maximum atomic E-state index is 12.4. The molecule has 148 valence electrons. The highest BCUT2D eigenvalue weighted by Crippen LogP contribution is 2.20. The van der Waals surface area contributed by atoms with Crippen molar-refractivity contribution in [3.63, 3.8) is 0 Å². The smallest absolute Gasteiger partial charge is 0.241 e. The van der Waals surface area contributed by atoms with Gasteiger partial charge in [-0.3, -0.25) is 4.79 Å². The summed E-state index contributed by atoms with van der Waals surface area (Å²) >= 11 is 0. The zero-order valence-corrected chi connectivity index (χ0v) is 17.4. The van der Waals surface area contributed by atoms with E-state index in [-0.39, 0.29) is 35.2 Å². The minimum absolute atomic E-state index is 0. The van der Waals surface area contributed by atoms with Gasteiger partial charge in [-0.1, -0.05) is 63.2 Å². The molecule has 0 saturated heterocycles. The van der Waals surface area contributed by atoms with Crippen molar-refractivity contribution in [3.05, 3.63) is 65.7 Å². The molecular formula is C20H27ClN2O3S. The van der Waals surface area contributed by atoms with Crippen molar-refractivity contribution in [3.8, 4) is 0 Å². The molecule has 0 aliphatic rings. The first-order valence-corrected chi connectivity index (χ1v) is 10.3. The van der Waals surface area contributed by atoms with Crippen molar-refractivity contribution in [2.75, 3.05) is 5.32 Å². The predicted molar refractivity (Wildman–Crippen MR) is 113 cm³/mol. The molecule has 0 saturated carbocycles. The number of hydrogen-bond donors (Lipinski definition) is 2. The van der Waals surface area contributed by atoms with E-state index in [9.17, 15) is 13.2 Å². The van der Waals surface area contributed by atoms with E-state index in [1.807, 2.05) is 39.0 Å². The highest BCUT2D eigenvalue weighted by Gasteiger charge is 2.27. The van der Waals surface area contributed by atoms with Crippen LogP contribution in [0.5, 0.6) is 0 Å². The van der Waals surface area contributed by atoms with Crippen LogP contribution < -0.4 is 11.1 Å². The van der Waals surface area contributed by atoms with Gasteiger partial charge in [0.2, 0.25) is 5.91 Å². The summed E-state index contributed by atoms with van der Waals surface area (Å²) in [6.45, 7) is 5.68. The van der Waals surface area contributed by atoms with Crippen LogP contribution in [0.4, 0.5) is 5.69 Å². The first-order valence-electron chi connectivity index (χ1n) is 8.46. The number of nitrogens with two attached hydrogens (primary N) is 1. The van der Waals surface area contributed by atoms with Crippen molar-refractivity contribution in [2.45, 2.75) is 38.3 Å². The Labute approximate surface area is 167 Å². The summed E-state index contributed by atoms with van der Waals surface area (Å²) in [6.07, 6.45) is 0. The number of hydrogen-bond acceptors (Lipinski definition) is 4. The van der Waals surface area contributed by atoms with E-state index in [4.69, 9.17) is 5.73 Å². The van der Waals surface area contributed by atoms with Gasteiger partial charge in [-0.05, 0) is 28.7 Å². The highest BCUT2D eigenvalue weighted by molar-refractivity contribution is 7.89. The Morgan fingerprint density at radius 1 is 1.00 bits per heavy atom. The Bertz CT molecular complexity index is 862. The minimum Gasteiger partial charge on any atom is -0.325 e. The monoisotopic (exact) mass is 410 g/mol. The van der Waals surface area contributed by atoms with Crippen LogP contribution in [-0.4, -0.2) is 20.4 Å². The van der Waals surface area contributed by atoms with Crippen molar-refractivity contribution < 1.29 is 13.2 Å². The lowest BCUT2D eigenvalue weighted by Crippen LogP contribution is -2.45. The van der Waals surface area contributed by atoms with Gasteiger partial charge in [0.1, 0.15) is 0 Å². The molecule has 0 aromatic heterocycles. The summed E-state index contributed by atoms with van der Waals surface area (Å²) in [7, 11) is -3.31. The Morgan fingerprint density at radius 2 is 1.56 bits per heavy atom. The lowest BCUT2D eigenvalue weighted by Gasteiger charge is -2.25. The summed E-state index contributed by atoms with van der Waals surface area (Å²) in [4.78, 5) is 12.2. The van der Waals surface area contributed by atoms with Crippen molar-refractivity contribution in [1.29, 1.82) is 0 Å². The molecule has 0 bridgehead atoms. The Hall–Kier alpha value is -1.89. The third kappa shape index (κ3) is 7.33. The van der Waals surface area contributed by atoms with Crippen LogP contribution in [0.3, 0.4) is 0 Å². The summed E-state index contributed by atoms with van der Waals surface area (Å²) < 4.78 is 24.9. The number of carbonyl (C=O) groups is 1. The van der Waals surface area contributed by atoms with E-state index in [1.165, 1.54) is 0 Å².